The number of likely N-dealkylation sites (tertiary alicyclic amines) is 2. The number of amides is 1. The average Bonchev–Trinajstić information content (AvgIpc) is 2.85. The van der Waals surface area contributed by atoms with E-state index in [0.29, 0.717) is 28.8 Å². The molecular weight excluding hydrogens is 500 g/mol. The summed E-state index contributed by atoms with van der Waals surface area (Å²) in [5.41, 5.74) is 2.71. The molecule has 1 atom stereocenters. The monoisotopic (exact) mass is 530 g/mol. The van der Waals surface area contributed by atoms with Gasteiger partial charge in [-0.2, -0.15) is 0 Å². The minimum absolute atomic E-state index is 0.00183. The lowest BCUT2D eigenvalue weighted by molar-refractivity contribution is -0.384. The Morgan fingerprint density at radius 1 is 1.18 bits per heavy atom. The highest BCUT2D eigenvalue weighted by molar-refractivity contribution is 9.10. The largest absolute Gasteiger partial charge is 0.387 e. The van der Waals surface area contributed by atoms with Gasteiger partial charge in [0.1, 0.15) is 5.69 Å². The van der Waals surface area contributed by atoms with Crippen LogP contribution in [-0.2, 0) is 6.54 Å². The normalized spacial score (nSPS) is 19.0. The predicted octanol–water partition coefficient (Wildman–Crippen LogP) is 4.50. The predicted molar refractivity (Wildman–Crippen MR) is 136 cm³/mol. The summed E-state index contributed by atoms with van der Waals surface area (Å²) in [4.78, 5) is 33.3. The third-order valence-electron chi connectivity index (χ3n) is 6.50. The molecule has 0 radical (unpaired) electrons. The molecule has 2 fully saturated rings. The molecule has 0 saturated carbocycles. The summed E-state index contributed by atoms with van der Waals surface area (Å²) in [6.07, 6.45) is 8.55. The Morgan fingerprint density at radius 2 is 1.97 bits per heavy atom. The first kappa shape index (κ1) is 24.4. The van der Waals surface area contributed by atoms with Crippen LogP contribution < -0.4 is 10.6 Å². The van der Waals surface area contributed by atoms with Gasteiger partial charge < -0.3 is 15.5 Å². The lowest BCUT2D eigenvalue weighted by Crippen LogP contribution is -2.42. The van der Waals surface area contributed by atoms with Gasteiger partial charge in [0.25, 0.3) is 11.6 Å². The van der Waals surface area contributed by atoms with Gasteiger partial charge in [0.15, 0.2) is 0 Å². The summed E-state index contributed by atoms with van der Waals surface area (Å²) in [6, 6.07) is 5.27. The standard InChI is InChI=1S/C24H31BrN6O3/c1-26-20-10-17(13-27-14-20)15-29-7-5-6-19(16-29)28-23-21(11-18(25)12-22(23)31(33)34)24(32)30-8-3-2-4-9-30/h10-14,19,26,28H,2-9,15-16H2,1H3/t19-/m1/s1. The number of hydrogen-bond donors (Lipinski definition) is 2. The first-order valence-electron chi connectivity index (χ1n) is 11.8. The van der Waals surface area contributed by atoms with E-state index in [1.165, 1.54) is 6.07 Å². The third kappa shape index (κ3) is 5.85. The summed E-state index contributed by atoms with van der Waals surface area (Å²) in [6.45, 7) is 3.81. The Hall–Kier alpha value is -2.72. The van der Waals surface area contributed by atoms with E-state index < -0.39 is 4.92 Å². The molecule has 0 bridgehead atoms. The molecular formula is C24H31BrN6O3. The Balaban J connectivity index is 1.55. The maximum Gasteiger partial charge on any atom is 0.294 e. The number of nitrogens with zero attached hydrogens (tertiary/aromatic N) is 4. The molecule has 2 N–H and O–H groups in total. The van der Waals surface area contributed by atoms with Gasteiger partial charge in [-0.15, -0.1) is 0 Å². The number of carbonyl (C=O) groups is 1. The van der Waals surface area contributed by atoms with Gasteiger partial charge in [0, 0.05) is 62.2 Å². The Bertz CT molecular complexity index is 1040. The van der Waals surface area contributed by atoms with Crippen molar-refractivity contribution < 1.29 is 9.72 Å². The van der Waals surface area contributed by atoms with E-state index in [9.17, 15) is 14.9 Å². The number of nitro groups is 1. The number of halogens is 1. The van der Waals surface area contributed by atoms with Crippen molar-refractivity contribution in [3.63, 3.8) is 0 Å². The van der Waals surface area contributed by atoms with Gasteiger partial charge >= 0.3 is 0 Å². The van der Waals surface area contributed by atoms with Gasteiger partial charge in [0.2, 0.25) is 0 Å². The first-order chi connectivity index (χ1) is 16.4. The second-order valence-electron chi connectivity index (χ2n) is 9.01. The average molecular weight is 531 g/mol. The van der Waals surface area contributed by atoms with Crippen molar-refractivity contribution >= 4 is 38.9 Å². The number of nitrogens with one attached hydrogen (secondary N) is 2. The highest BCUT2D eigenvalue weighted by Gasteiger charge is 2.30. The van der Waals surface area contributed by atoms with Crippen molar-refractivity contribution in [2.24, 2.45) is 0 Å². The van der Waals surface area contributed by atoms with E-state index in [-0.39, 0.29) is 17.6 Å². The van der Waals surface area contributed by atoms with E-state index in [4.69, 9.17) is 0 Å². The molecule has 182 valence electrons. The van der Waals surface area contributed by atoms with Crippen LogP contribution >= 0.6 is 15.9 Å². The number of piperidine rings is 2. The molecule has 0 aliphatic carbocycles. The van der Waals surface area contributed by atoms with Crippen LogP contribution in [0.25, 0.3) is 0 Å². The second-order valence-corrected chi connectivity index (χ2v) is 9.92. The van der Waals surface area contributed by atoms with Crippen LogP contribution in [0.1, 0.15) is 48.0 Å². The number of pyridine rings is 1. The first-order valence-corrected chi connectivity index (χ1v) is 12.6. The molecule has 4 rings (SSSR count). The van der Waals surface area contributed by atoms with E-state index in [0.717, 1.165) is 63.0 Å². The number of carbonyl (C=O) groups excluding carboxylic acids is 1. The van der Waals surface area contributed by atoms with Crippen LogP contribution in [0, 0.1) is 10.1 Å². The fourth-order valence-corrected chi connectivity index (χ4v) is 5.26. The SMILES string of the molecule is CNc1cncc(CN2CCC[C@@H](Nc3c(C(=O)N4CCCCC4)cc(Br)cc3[N+](=O)[O-])C2)c1. The fourth-order valence-electron chi connectivity index (χ4n) is 4.81. The minimum atomic E-state index is -0.407. The van der Waals surface area contributed by atoms with Crippen molar-refractivity contribution in [3.8, 4) is 0 Å². The van der Waals surface area contributed by atoms with Crippen molar-refractivity contribution in [1.82, 2.24) is 14.8 Å². The molecule has 10 heteroatoms. The quantitative estimate of drug-likeness (QED) is 0.401. The zero-order valence-corrected chi connectivity index (χ0v) is 21.0. The van der Waals surface area contributed by atoms with Crippen molar-refractivity contribution in [2.45, 2.75) is 44.7 Å². The summed E-state index contributed by atoms with van der Waals surface area (Å²) >= 11 is 3.37. The van der Waals surface area contributed by atoms with Gasteiger partial charge in [-0.25, -0.2) is 0 Å². The maximum absolute atomic E-state index is 13.4. The van der Waals surface area contributed by atoms with Gasteiger partial charge in [0.05, 0.1) is 16.2 Å². The molecule has 9 nitrogen and oxygen atoms in total. The molecule has 2 aliphatic rings. The van der Waals surface area contributed by atoms with Crippen LogP contribution in [0.2, 0.25) is 0 Å². The van der Waals surface area contributed by atoms with Crippen LogP contribution in [0.3, 0.4) is 0 Å². The molecule has 1 amide bonds. The molecule has 0 unspecified atom stereocenters. The molecule has 2 aromatic rings. The molecule has 2 aliphatic heterocycles. The summed E-state index contributed by atoms with van der Waals surface area (Å²) in [5, 5.41) is 18.4. The zero-order chi connectivity index (χ0) is 24.1. The topological polar surface area (TPSA) is 104 Å². The van der Waals surface area contributed by atoms with E-state index >= 15 is 0 Å². The fraction of sp³-hybridized carbons (Fsp3) is 0.500. The minimum Gasteiger partial charge on any atom is -0.387 e. The Kier molecular flexibility index (Phi) is 7.99. The van der Waals surface area contributed by atoms with E-state index in [1.807, 2.05) is 18.1 Å². The van der Waals surface area contributed by atoms with E-state index in [1.54, 1.807) is 12.3 Å². The highest BCUT2D eigenvalue weighted by atomic mass is 79.9. The number of hydrogen-bond acceptors (Lipinski definition) is 7. The zero-order valence-electron chi connectivity index (χ0n) is 19.4. The molecule has 1 aromatic carbocycles. The number of benzene rings is 1. The second kappa shape index (κ2) is 11.1. The smallest absolute Gasteiger partial charge is 0.294 e. The van der Waals surface area contributed by atoms with Crippen molar-refractivity contribution in [3.05, 3.63) is 56.3 Å². The summed E-state index contributed by atoms with van der Waals surface area (Å²) in [5.74, 6) is -0.144. The van der Waals surface area contributed by atoms with Crippen LogP contribution in [0.5, 0.6) is 0 Å². The van der Waals surface area contributed by atoms with Gasteiger partial charge in [-0.1, -0.05) is 15.9 Å². The number of nitro benzene ring substituents is 1. The molecule has 0 spiro atoms. The van der Waals surface area contributed by atoms with Gasteiger partial charge in [-0.05, 0) is 56.3 Å². The number of anilines is 2. The lowest BCUT2D eigenvalue weighted by atomic mass is 10.0. The highest BCUT2D eigenvalue weighted by Crippen LogP contribution is 2.35. The van der Waals surface area contributed by atoms with Crippen LogP contribution in [-0.4, -0.2) is 64.9 Å². The van der Waals surface area contributed by atoms with Crippen LogP contribution in [0.15, 0.2) is 35.1 Å². The van der Waals surface area contributed by atoms with Crippen LogP contribution in [0.4, 0.5) is 17.1 Å². The van der Waals surface area contributed by atoms with Gasteiger partial charge in [-0.3, -0.25) is 24.8 Å². The summed E-state index contributed by atoms with van der Waals surface area (Å²) in [7, 11) is 1.87. The summed E-state index contributed by atoms with van der Waals surface area (Å²) < 4.78 is 0.535. The third-order valence-corrected chi connectivity index (χ3v) is 6.95. The van der Waals surface area contributed by atoms with E-state index in [2.05, 4.69) is 42.5 Å². The molecule has 2 saturated heterocycles. The molecule has 1 aromatic heterocycles. The number of aromatic nitrogens is 1. The maximum atomic E-state index is 13.4. The Morgan fingerprint density at radius 3 is 2.71 bits per heavy atom. The molecule has 3 heterocycles. The van der Waals surface area contributed by atoms with Crippen molar-refractivity contribution in [1.29, 1.82) is 0 Å². The number of rotatable bonds is 7. The lowest BCUT2D eigenvalue weighted by Gasteiger charge is -2.34. The Labute approximate surface area is 208 Å². The molecule has 34 heavy (non-hydrogen) atoms. The van der Waals surface area contributed by atoms with Crippen molar-refractivity contribution in [2.75, 3.05) is 43.9 Å².